The molecule has 0 bridgehead atoms. The van der Waals surface area contributed by atoms with Crippen LogP contribution < -0.4 is 19.9 Å². The highest BCUT2D eigenvalue weighted by atomic mass is 35.5. The molecule has 1 aliphatic heterocycles. The summed E-state index contributed by atoms with van der Waals surface area (Å²) in [7, 11) is 4.60. The Kier molecular flexibility index (Phi) is 7.45. The predicted octanol–water partition coefficient (Wildman–Crippen LogP) is 1.95. The van der Waals surface area contributed by atoms with Crippen molar-refractivity contribution < 1.29 is 19.0 Å². The number of piperidine rings is 1. The zero-order chi connectivity index (χ0) is 16.1. The van der Waals surface area contributed by atoms with Crippen molar-refractivity contribution in [2.24, 2.45) is 11.7 Å². The lowest BCUT2D eigenvalue weighted by Crippen LogP contribution is -2.40. The van der Waals surface area contributed by atoms with E-state index in [1.165, 1.54) is 14.2 Å². The van der Waals surface area contributed by atoms with Gasteiger partial charge in [-0.2, -0.15) is 0 Å². The van der Waals surface area contributed by atoms with Crippen molar-refractivity contribution in [2.75, 3.05) is 41.0 Å². The van der Waals surface area contributed by atoms with E-state index in [4.69, 9.17) is 19.9 Å². The average Bonchev–Trinajstić information content (AvgIpc) is 2.59. The van der Waals surface area contributed by atoms with Gasteiger partial charge in [-0.15, -0.1) is 12.4 Å². The molecule has 0 aromatic heterocycles. The van der Waals surface area contributed by atoms with Crippen molar-refractivity contribution in [3.63, 3.8) is 0 Å². The highest BCUT2D eigenvalue weighted by molar-refractivity contribution is 5.98. The minimum Gasteiger partial charge on any atom is -0.493 e. The molecule has 0 aliphatic carbocycles. The summed E-state index contributed by atoms with van der Waals surface area (Å²) in [4.78, 5) is 14.6. The lowest BCUT2D eigenvalue weighted by molar-refractivity contribution is 0.0689. The molecule has 1 aromatic rings. The predicted molar refractivity (Wildman–Crippen MR) is 91.0 cm³/mol. The molecule has 1 heterocycles. The van der Waals surface area contributed by atoms with Gasteiger partial charge < -0.3 is 24.8 Å². The first-order chi connectivity index (χ1) is 10.7. The summed E-state index contributed by atoms with van der Waals surface area (Å²) in [6.07, 6.45) is 1.88. The number of hydrogen-bond donors (Lipinski definition) is 1. The Morgan fingerprint density at radius 3 is 2.22 bits per heavy atom. The minimum atomic E-state index is -0.0479. The van der Waals surface area contributed by atoms with Crippen LogP contribution in [0, 0.1) is 5.92 Å². The maximum atomic E-state index is 12.8. The van der Waals surface area contributed by atoms with Gasteiger partial charge in [-0.3, -0.25) is 4.79 Å². The van der Waals surface area contributed by atoms with Gasteiger partial charge in [-0.1, -0.05) is 0 Å². The van der Waals surface area contributed by atoms with Crippen molar-refractivity contribution in [1.29, 1.82) is 0 Å². The Hall–Kier alpha value is -1.66. The number of hydrogen-bond acceptors (Lipinski definition) is 5. The Morgan fingerprint density at radius 1 is 1.13 bits per heavy atom. The zero-order valence-corrected chi connectivity index (χ0v) is 14.6. The maximum Gasteiger partial charge on any atom is 0.257 e. The van der Waals surface area contributed by atoms with Crippen LogP contribution in [0.3, 0.4) is 0 Å². The van der Waals surface area contributed by atoms with Crippen LogP contribution >= 0.6 is 12.4 Å². The van der Waals surface area contributed by atoms with Gasteiger partial charge in [0.1, 0.15) is 0 Å². The Balaban J connectivity index is 0.00000264. The molecule has 130 valence electrons. The smallest absolute Gasteiger partial charge is 0.257 e. The molecule has 0 spiro atoms. The number of rotatable bonds is 5. The van der Waals surface area contributed by atoms with Crippen molar-refractivity contribution in [3.05, 3.63) is 17.7 Å². The van der Waals surface area contributed by atoms with Crippen LogP contribution in [0.15, 0.2) is 12.1 Å². The van der Waals surface area contributed by atoms with Gasteiger partial charge in [0, 0.05) is 13.1 Å². The van der Waals surface area contributed by atoms with E-state index in [0.29, 0.717) is 35.3 Å². The summed E-state index contributed by atoms with van der Waals surface area (Å²) in [5.41, 5.74) is 6.19. The molecule has 2 N–H and O–H groups in total. The van der Waals surface area contributed by atoms with Crippen LogP contribution in [0.1, 0.15) is 23.2 Å². The quantitative estimate of drug-likeness (QED) is 0.883. The number of carbonyl (C=O) groups is 1. The molecule has 1 fully saturated rings. The van der Waals surface area contributed by atoms with E-state index in [1.54, 1.807) is 19.2 Å². The molecule has 1 saturated heterocycles. The van der Waals surface area contributed by atoms with Crippen LogP contribution in [0.4, 0.5) is 0 Å². The fourth-order valence-corrected chi connectivity index (χ4v) is 2.81. The van der Waals surface area contributed by atoms with E-state index in [2.05, 4.69) is 0 Å². The van der Waals surface area contributed by atoms with E-state index < -0.39 is 0 Å². The number of ether oxygens (including phenoxy) is 3. The number of nitrogens with two attached hydrogens (primary N) is 1. The van der Waals surface area contributed by atoms with Crippen molar-refractivity contribution in [2.45, 2.75) is 12.8 Å². The molecule has 0 unspecified atom stereocenters. The molecule has 1 aliphatic rings. The summed E-state index contributed by atoms with van der Waals surface area (Å²) in [5.74, 6) is 1.85. The Morgan fingerprint density at radius 2 is 1.74 bits per heavy atom. The Bertz CT molecular complexity index is 531. The third kappa shape index (κ3) is 4.00. The van der Waals surface area contributed by atoms with E-state index in [9.17, 15) is 4.79 Å². The second-order valence-electron chi connectivity index (χ2n) is 5.35. The van der Waals surface area contributed by atoms with Gasteiger partial charge >= 0.3 is 0 Å². The second-order valence-corrected chi connectivity index (χ2v) is 5.35. The summed E-state index contributed by atoms with van der Waals surface area (Å²) in [5, 5.41) is 0. The van der Waals surface area contributed by atoms with Crippen LogP contribution in [0.5, 0.6) is 17.2 Å². The number of benzene rings is 1. The highest BCUT2D eigenvalue weighted by Crippen LogP contribution is 2.40. The number of carbonyl (C=O) groups excluding carboxylic acids is 1. The summed E-state index contributed by atoms with van der Waals surface area (Å²) < 4.78 is 16.0. The monoisotopic (exact) mass is 344 g/mol. The van der Waals surface area contributed by atoms with Gasteiger partial charge in [0.25, 0.3) is 5.91 Å². The van der Waals surface area contributed by atoms with Gasteiger partial charge in [0.05, 0.1) is 26.9 Å². The number of amides is 1. The third-order valence-corrected chi connectivity index (χ3v) is 4.17. The summed E-state index contributed by atoms with van der Waals surface area (Å²) in [6, 6.07) is 3.44. The number of halogens is 1. The number of methoxy groups -OCH3 is 3. The fraction of sp³-hybridized carbons (Fsp3) is 0.562. The molecule has 0 radical (unpaired) electrons. The molecule has 7 heteroatoms. The van der Waals surface area contributed by atoms with Crippen molar-refractivity contribution in [3.8, 4) is 17.2 Å². The number of nitrogens with zero attached hydrogens (tertiary/aromatic N) is 1. The minimum absolute atomic E-state index is 0. The molecule has 0 saturated carbocycles. The first kappa shape index (κ1) is 19.4. The largest absolute Gasteiger partial charge is 0.493 e. The van der Waals surface area contributed by atoms with Gasteiger partial charge in [0.15, 0.2) is 11.5 Å². The topological polar surface area (TPSA) is 74.0 Å². The normalized spacial score (nSPS) is 14.9. The van der Waals surface area contributed by atoms with Crippen molar-refractivity contribution >= 4 is 18.3 Å². The molecular weight excluding hydrogens is 320 g/mol. The van der Waals surface area contributed by atoms with Gasteiger partial charge in [-0.25, -0.2) is 0 Å². The molecule has 0 atom stereocenters. The summed E-state index contributed by atoms with van der Waals surface area (Å²) in [6.45, 7) is 2.12. The molecule has 2 rings (SSSR count). The third-order valence-electron chi connectivity index (χ3n) is 4.17. The van der Waals surface area contributed by atoms with E-state index >= 15 is 0 Å². The molecule has 23 heavy (non-hydrogen) atoms. The maximum absolute atomic E-state index is 12.8. The zero-order valence-electron chi connectivity index (χ0n) is 13.8. The lowest BCUT2D eigenvalue weighted by atomic mass is 9.96. The average molecular weight is 345 g/mol. The van der Waals surface area contributed by atoms with Crippen molar-refractivity contribution in [1.82, 2.24) is 4.90 Å². The molecular formula is C16H25ClN2O4. The summed E-state index contributed by atoms with van der Waals surface area (Å²) >= 11 is 0. The number of likely N-dealkylation sites (tertiary alicyclic amines) is 1. The van der Waals surface area contributed by atoms with Gasteiger partial charge in [0.2, 0.25) is 5.75 Å². The standard InChI is InChI=1S/C16H24N2O4.ClH/c1-20-13-5-4-12(14(21-2)15(13)22-3)16(19)18-8-6-11(10-17)7-9-18;/h4-5,11H,6-10,17H2,1-3H3;1H. The highest BCUT2D eigenvalue weighted by Gasteiger charge is 2.27. The lowest BCUT2D eigenvalue weighted by Gasteiger charge is -2.32. The molecule has 6 nitrogen and oxygen atoms in total. The van der Waals surface area contributed by atoms with Crippen LogP contribution in [0.25, 0.3) is 0 Å². The van der Waals surface area contributed by atoms with Gasteiger partial charge in [-0.05, 0) is 37.4 Å². The first-order valence-electron chi connectivity index (χ1n) is 7.44. The molecule has 1 aromatic carbocycles. The van der Waals surface area contributed by atoms with E-state index in [1.807, 2.05) is 4.90 Å². The SMILES string of the molecule is COc1ccc(C(=O)N2CCC(CN)CC2)c(OC)c1OC.Cl. The van der Waals surface area contributed by atoms with E-state index in [-0.39, 0.29) is 18.3 Å². The van der Waals surface area contributed by atoms with Crippen LogP contribution in [-0.4, -0.2) is 51.8 Å². The fourth-order valence-electron chi connectivity index (χ4n) is 2.81. The van der Waals surface area contributed by atoms with E-state index in [0.717, 1.165) is 25.9 Å². The second kappa shape index (κ2) is 8.84. The molecule has 1 amide bonds. The first-order valence-corrected chi connectivity index (χ1v) is 7.44. The Labute approximate surface area is 143 Å². The van der Waals surface area contributed by atoms with Crippen LogP contribution in [0.2, 0.25) is 0 Å². The van der Waals surface area contributed by atoms with Crippen LogP contribution in [-0.2, 0) is 0 Å².